The van der Waals surface area contributed by atoms with Crippen molar-refractivity contribution in [2.45, 2.75) is 56.7 Å². The van der Waals surface area contributed by atoms with Gasteiger partial charge < -0.3 is 41.2 Å². The van der Waals surface area contributed by atoms with E-state index in [2.05, 4.69) is 62.3 Å². The third kappa shape index (κ3) is 9.19. The summed E-state index contributed by atoms with van der Waals surface area (Å²) in [6, 6.07) is 8.41. The second-order valence-electron chi connectivity index (χ2n) is 13.4. The number of nitrogens with two attached hydrogens (primary N) is 1. The first kappa shape index (κ1) is 38.3. The Morgan fingerprint density at radius 2 is 1.62 bits per heavy atom. The molecule has 0 aliphatic carbocycles. The van der Waals surface area contributed by atoms with E-state index in [0.717, 1.165) is 5.69 Å². The van der Waals surface area contributed by atoms with Gasteiger partial charge in [0.1, 0.15) is 17.8 Å². The number of pyridine rings is 2. The van der Waals surface area contributed by atoms with Crippen molar-refractivity contribution in [2.75, 3.05) is 50.7 Å². The first-order valence-electron chi connectivity index (χ1n) is 17.8. The van der Waals surface area contributed by atoms with Gasteiger partial charge in [0.15, 0.2) is 5.65 Å². The molecule has 5 heterocycles. The number of carbonyl (C=O) groups excluding carboxylic acids is 3. The van der Waals surface area contributed by atoms with E-state index in [9.17, 15) is 24.3 Å². The van der Waals surface area contributed by atoms with Crippen LogP contribution in [0.5, 0.6) is 5.75 Å². The Morgan fingerprint density at radius 1 is 0.925 bits per heavy atom. The minimum Gasteiger partial charge on any atom is -0.506 e. The number of phenolic OH excluding ortho intramolecular Hbond substituents is 1. The van der Waals surface area contributed by atoms with Crippen molar-refractivity contribution in [3.63, 3.8) is 0 Å². The van der Waals surface area contributed by atoms with Crippen LogP contribution in [0.1, 0.15) is 43.7 Å². The number of piperazine rings is 1. The van der Waals surface area contributed by atoms with Crippen LogP contribution >= 0.6 is 31.9 Å². The summed E-state index contributed by atoms with van der Waals surface area (Å²) in [5.41, 5.74) is 8.49. The number of fused-ring (bicyclic) bond motifs is 1. The third-order valence-corrected chi connectivity index (χ3v) is 11.1. The highest BCUT2D eigenvalue weighted by atomic mass is 79.9. The number of likely N-dealkylation sites (tertiary alicyclic amines) is 1. The molecule has 17 heteroatoms. The van der Waals surface area contributed by atoms with E-state index in [4.69, 9.17) is 5.73 Å². The summed E-state index contributed by atoms with van der Waals surface area (Å²) in [6.45, 7) is 3.46. The molecule has 0 radical (unpaired) electrons. The largest absolute Gasteiger partial charge is 0.506 e. The van der Waals surface area contributed by atoms with Crippen LogP contribution in [-0.4, -0.2) is 110 Å². The van der Waals surface area contributed by atoms with Crippen molar-refractivity contribution in [1.29, 1.82) is 0 Å². The van der Waals surface area contributed by atoms with E-state index < -0.39 is 24.0 Å². The minimum absolute atomic E-state index is 0.0146. The van der Waals surface area contributed by atoms with Gasteiger partial charge in [0.25, 0.3) is 0 Å². The molecule has 0 bridgehead atoms. The topological polar surface area (TPSA) is 195 Å². The number of carbonyl (C=O) groups is 3. The van der Waals surface area contributed by atoms with E-state index in [1.807, 2.05) is 12.1 Å². The zero-order valence-corrected chi connectivity index (χ0v) is 32.4. The lowest BCUT2D eigenvalue weighted by atomic mass is 10.0. The number of hydrogen-bond donors (Lipinski definition) is 5. The molecule has 0 spiro atoms. The van der Waals surface area contributed by atoms with Crippen molar-refractivity contribution >= 4 is 66.6 Å². The lowest BCUT2D eigenvalue weighted by Crippen LogP contribution is -2.59. The maximum Gasteiger partial charge on any atom is 0.327 e. The molecule has 0 unspecified atom stereocenters. The number of halogens is 2. The number of H-pyrrole nitrogens is 1. The monoisotopic (exact) mass is 854 g/mol. The Balaban J connectivity index is 1.15. The Morgan fingerprint density at radius 3 is 2.30 bits per heavy atom. The number of unbranched alkanes of at least 4 members (excludes halogenated alkanes) is 1. The SMILES string of the molecule is NCCCC[C@H](NC(=O)[C@@H](Cc1cc(Br)c(O)c(Br)c1)NC(=O)N1CCC(n2c(=O)[nH]c3cccnc32)CC1)C(=O)N1CCN(c2ccncc2)CC1. The maximum atomic E-state index is 14.2. The smallest absolute Gasteiger partial charge is 0.327 e. The number of aromatic hydroxyl groups is 1. The molecule has 2 aliphatic heterocycles. The summed E-state index contributed by atoms with van der Waals surface area (Å²) in [4.78, 5) is 71.6. The molecule has 15 nitrogen and oxygen atoms in total. The van der Waals surface area contributed by atoms with E-state index in [-0.39, 0.29) is 29.8 Å². The van der Waals surface area contributed by atoms with Gasteiger partial charge in [-0.1, -0.05) is 0 Å². The Hall–Kier alpha value is -4.48. The van der Waals surface area contributed by atoms with E-state index >= 15 is 0 Å². The summed E-state index contributed by atoms with van der Waals surface area (Å²) < 4.78 is 2.51. The van der Waals surface area contributed by atoms with Gasteiger partial charge in [0.05, 0.1) is 14.5 Å². The fourth-order valence-electron chi connectivity index (χ4n) is 7.03. The van der Waals surface area contributed by atoms with Gasteiger partial charge in [-0.15, -0.1) is 0 Å². The molecule has 53 heavy (non-hydrogen) atoms. The number of urea groups is 1. The van der Waals surface area contributed by atoms with Gasteiger partial charge in [-0.25, -0.2) is 14.6 Å². The number of phenols is 1. The number of nitrogens with zero attached hydrogens (tertiary/aromatic N) is 6. The molecule has 2 aliphatic rings. The highest BCUT2D eigenvalue weighted by molar-refractivity contribution is 9.11. The number of benzene rings is 1. The van der Waals surface area contributed by atoms with Crippen molar-refractivity contribution in [1.82, 2.24) is 40.0 Å². The molecular weight excluding hydrogens is 812 g/mol. The van der Waals surface area contributed by atoms with Crippen LogP contribution in [0.15, 0.2) is 68.7 Å². The van der Waals surface area contributed by atoms with E-state index in [0.29, 0.717) is 104 Å². The normalized spacial score (nSPS) is 16.4. The molecule has 3 aromatic heterocycles. The van der Waals surface area contributed by atoms with Crippen molar-refractivity contribution in [2.24, 2.45) is 5.73 Å². The minimum atomic E-state index is -1.04. The molecule has 282 valence electrons. The maximum absolute atomic E-state index is 14.2. The fourth-order valence-corrected chi connectivity index (χ4v) is 8.31. The van der Waals surface area contributed by atoms with Gasteiger partial charge in [0, 0.05) is 76.0 Å². The highest BCUT2D eigenvalue weighted by Crippen LogP contribution is 2.34. The summed E-state index contributed by atoms with van der Waals surface area (Å²) in [5, 5.41) is 16.2. The van der Waals surface area contributed by atoms with Crippen LogP contribution in [0.25, 0.3) is 11.2 Å². The van der Waals surface area contributed by atoms with Crippen LogP contribution < -0.4 is 27.0 Å². The van der Waals surface area contributed by atoms with E-state index in [1.54, 1.807) is 57.2 Å². The van der Waals surface area contributed by atoms with Gasteiger partial charge in [-0.2, -0.15) is 0 Å². The molecule has 6 N–H and O–H groups in total. The number of amides is 4. The first-order valence-corrected chi connectivity index (χ1v) is 19.4. The Labute approximate surface area is 323 Å². The van der Waals surface area contributed by atoms with Crippen molar-refractivity contribution < 1.29 is 19.5 Å². The van der Waals surface area contributed by atoms with Crippen molar-refractivity contribution in [3.05, 3.63) is 80.0 Å². The number of hydrogen-bond acceptors (Lipinski definition) is 9. The van der Waals surface area contributed by atoms with Crippen LogP contribution in [0.2, 0.25) is 0 Å². The second kappa shape index (κ2) is 17.6. The second-order valence-corrected chi connectivity index (χ2v) is 15.1. The molecule has 0 saturated carbocycles. The zero-order valence-electron chi connectivity index (χ0n) is 29.2. The quantitative estimate of drug-likeness (QED) is 0.133. The molecule has 4 aromatic rings. The van der Waals surface area contributed by atoms with Gasteiger partial charge in [-0.3, -0.25) is 19.1 Å². The zero-order chi connectivity index (χ0) is 37.5. The molecular formula is C36H44Br2N10O5. The number of aromatic amines is 1. The summed E-state index contributed by atoms with van der Waals surface area (Å²) in [6.07, 6.45) is 8.02. The average molecular weight is 857 g/mol. The lowest BCUT2D eigenvalue weighted by molar-refractivity contribution is -0.137. The summed E-state index contributed by atoms with van der Waals surface area (Å²) >= 11 is 6.73. The lowest BCUT2D eigenvalue weighted by Gasteiger charge is -2.38. The van der Waals surface area contributed by atoms with Crippen LogP contribution in [0.4, 0.5) is 10.5 Å². The molecule has 2 atom stereocenters. The van der Waals surface area contributed by atoms with Gasteiger partial charge in [0.2, 0.25) is 11.8 Å². The molecule has 6 rings (SSSR count). The number of piperidine rings is 1. The molecule has 1 aromatic carbocycles. The predicted molar refractivity (Wildman–Crippen MR) is 208 cm³/mol. The van der Waals surface area contributed by atoms with Crippen LogP contribution in [0, 0.1) is 0 Å². The van der Waals surface area contributed by atoms with Crippen molar-refractivity contribution in [3.8, 4) is 5.75 Å². The molecule has 2 saturated heterocycles. The molecule has 2 fully saturated rings. The number of nitrogens with one attached hydrogen (secondary N) is 3. The van der Waals surface area contributed by atoms with Crippen LogP contribution in [0.3, 0.4) is 0 Å². The highest BCUT2D eigenvalue weighted by Gasteiger charge is 2.33. The standard InChI is InChI=1S/C36H44Br2N10O5/c37-26-20-23(21-27(38)31(26)49)22-30(44-35(52)47-14-8-25(9-15-47)48-32-28(43-36(48)53)5-3-11-41-32)33(50)42-29(4-1-2-10-39)34(51)46-18-16-45(17-19-46)24-6-12-40-13-7-24/h3,5-7,11-13,20-21,25,29-30,49H,1-2,4,8-10,14-19,22,39H2,(H,42,50)(H,43,53)(H,44,52)/t29-,30+/m0/s1. The Bertz CT molecular complexity index is 1940. The number of imidazole rings is 1. The average Bonchev–Trinajstić information content (AvgIpc) is 3.52. The third-order valence-electron chi connectivity index (χ3n) is 9.90. The number of rotatable bonds is 12. The fraction of sp³-hybridized carbons (Fsp3) is 0.444. The van der Waals surface area contributed by atoms with Crippen LogP contribution in [-0.2, 0) is 16.0 Å². The van der Waals surface area contributed by atoms with Gasteiger partial charge in [-0.05, 0) is 112 Å². The predicted octanol–water partition coefficient (Wildman–Crippen LogP) is 3.27. The first-order chi connectivity index (χ1) is 25.6. The number of anilines is 1. The Kier molecular flexibility index (Phi) is 12.7. The van der Waals surface area contributed by atoms with E-state index in [1.165, 1.54) is 0 Å². The van der Waals surface area contributed by atoms with Gasteiger partial charge >= 0.3 is 11.7 Å². The summed E-state index contributed by atoms with van der Waals surface area (Å²) in [7, 11) is 0. The molecule has 4 amide bonds. The number of aromatic nitrogens is 4. The summed E-state index contributed by atoms with van der Waals surface area (Å²) in [5.74, 6) is -0.652.